The van der Waals surface area contributed by atoms with Crippen LogP contribution < -0.4 is 56.3 Å². The predicted octanol–water partition coefficient (Wildman–Crippen LogP) is -1.25. The average molecular weight is 285 g/mol. The van der Waals surface area contributed by atoms with E-state index in [-0.39, 0.29) is 67.5 Å². The fraction of sp³-hybridized carbons (Fsp3) is 0.111. The van der Waals surface area contributed by atoms with E-state index in [2.05, 4.69) is 0 Å². The van der Waals surface area contributed by atoms with Gasteiger partial charge in [0.25, 0.3) is 11.7 Å². The molecule has 18 heavy (non-hydrogen) atoms. The Labute approximate surface area is 142 Å². The third-order valence-electron chi connectivity index (χ3n) is 2.32. The number of halogens is 4. The molecular weight excluding hydrogens is 280 g/mol. The van der Waals surface area contributed by atoms with Crippen molar-refractivity contribution >= 4 is 24.4 Å². The zero-order chi connectivity index (χ0) is 12.8. The first-order valence-corrected chi connectivity index (χ1v) is 4.66. The maximum absolute atomic E-state index is 12.9. The zero-order valence-corrected chi connectivity index (χ0v) is 12.4. The molecule has 0 N–H and O–H groups in total. The van der Waals surface area contributed by atoms with Crippen LogP contribution in [0.4, 0.5) is 23.0 Å². The van der Waals surface area contributed by atoms with E-state index in [0.717, 1.165) is 18.2 Å². The van der Waals surface area contributed by atoms with Gasteiger partial charge in [0, 0.05) is 0 Å². The van der Waals surface area contributed by atoms with E-state index in [1.807, 2.05) is 0 Å². The molecule has 0 aliphatic carbocycles. The van der Waals surface area contributed by atoms with Crippen LogP contribution in [0.25, 0.3) is 0 Å². The molecule has 0 atom stereocenters. The molecule has 2 rings (SSSR count). The summed E-state index contributed by atoms with van der Waals surface area (Å²) in [6.07, 6.45) is -1.54. The molecule has 9 heteroatoms. The Kier molecular flexibility index (Phi) is 4.76. The molecule has 3 nitrogen and oxygen atoms in total. The van der Waals surface area contributed by atoms with Crippen LogP contribution in [-0.2, 0) is 4.79 Å². The maximum atomic E-state index is 12.9. The average Bonchev–Trinajstić information content (AvgIpc) is 2.42. The molecule has 0 fully saturated rings. The minimum Gasteiger partial charge on any atom is -0.448 e. The van der Waals surface area contributed by atoms with Crippen molar-refractivity contribution in [1.82, 2.24) is 0 Å². The van der Waals surface area contributed by atoms with Crippen molar-refractivity contribution in [1.29, 1.82) is 0 Å². The Balaban J connectivity index is 0.00000162. The van der Waals surface area contributed by atoms with E-state index < -0.39 is 30.9 Å². The van der Waals surface area contributed by atoms with Crippen molar-refractivity contribution in [2.45, 2.75) is 0 Å². The van der Waals surface area contributed by atoms with E-state index >= 15 is 0 Å². The topological polar surface area (TPSA) is 37.4 Å². The monoisotopic (exact) mass is 285 g/mol. The standard InChI is InChI=1S/C9H5BF4NO2.K/c11-5-1-2-6-7(3-5)15(4-10(12,13)14)9(17)8(6)16;/h1-3H,4H2;/q-1;+1. The third-order valence-corrected chi connectivity index (χ3v) is 2.32. The Bertz CT molecular complexity index is 520. The number of carbonyl (C=O) groups is 2. The molecule has 0 radical (unpaired) electrons. The maximum Gasteiger partial charge on any atom is 1.00 e. The molecule has 1 aromatic rings. The molecule has 1 aliphatic rings. The number of rotatable bonds is 2. The van der Waals surface area contributed by atoms with Crippen LogP contribution in [0, 0.1) is 5.82 Å². The molecule has 1 heterocycles. The zero-order valence-electron chi connectivity index (χ0n) is 9.29. The molecule has 0 saturated carbocycles. The number of hydrogen-bond acceptors (Lipinski definition) is 2. The van der Waals surface area contributed by atoms with Crippen LogP contribution in [0.1, 0.15) is 10.4 Å². The van der Waals surface area contributed by atoms with Crippen molar-refractivity contribution in [3.63, 3.8) is 0 Å². The molecule has 0 spiro atoms. The van der Waals surface area contributed by atoms with Gasteiger partial charge < -0.3 is 17.8 Å². The van der Waals surface area contributed by atoms with Crippen molar-refractivity contribution in [3.05, 3.63) is 29.6 Å². The van der Waals surface area contributed by atoms with Crippen molar-refractivity contribution in [2.24, 2.45) is 0 Å². The number of ketones is 1. The number of anilines is 1. The first-order chi connectivity index (χ1) is 7.79. The van der Waals surface area contributed by atoms with Gasteiger partial charge in [0.1, 0.15) is 5.82 Å². The minimum absolute atomic E-state index is 0. The summed E-state index contributed by atoms with van der Waals surface area (Å²) < 4.78 is 49.7. The van der Waals surface area contributed by atoms with Crippen LogP contribution in [-0.4, -0.2) is 25.1 Å². The van der Waals surface area contributed by atoms with Gasteiger partial charge in [-0.05, 0) is 24.6 Å². The first-order valence-electron chi connectivity index (χ1n) is 4.66. The second-order valence-electron chi connectivity index (χ2n) is 3.62. The molecular formula is C9H5BF4KNO2. The number of nitrogens with zero attached hydrogens (tertiary/aromatic N) is 1. The van der Waals surface area contributed by atoms with E-state index in [9.17, 15) is 26.9 Å². The second kappa shape index (κ2) is 5.42. The number of hydrogen-bond donors (Lipinski definition) is 0. The molecule has 0 unspecified atom stereocenters. The summed E-state index contributed by atoms with van der Waals surface area (Å²) in [5.41, 5.74) is -0.518. The SMILES string of the molecule is O=C1C(=O)N(C[B-](F)(F)F)c2cc(F)ccc21.[K+]. The Morgan fingerprint density at radius 3 is 2.33 bits per heavy atom. The first kappa shape index (κ1) is 15.8. The number of fused-ring (bicyclic) bond motifs is 1. The van der Waals surface area contributed by atoms with E-state index in [4.69, 9.17) is 0 Å². The van der Waals surface area contributed by atoms with Crippen LogP contribution in [0.3, 0.4) is 0 Å². The normalized spacial score (nSPS) is 14.6. The summed E-state index contributed by atoms with van der Waals surface area (Å²) in [6, 6.07) is 2.68. The summed E-state index contributed by atoms with van der Waals surface area (Å²) in [5.74, 6) is -3.12. The fourth-order valence-electron chi connectivity index (χ4n) is 1.66. The van der Waals surface area contributed by atoms with Gasteiger partial charge in [0.2, 0.25) is 0 Å². The summed E-state index contributed by atoms with van der Waals surface area (Å²) >= 11 is 0. The Morgan fingerprint density at radius 2 is 1.78 bits per heavy atom. The van der Waals surface area contributed by atoms with E-state index in [0.29, 0.717) is 0 Å². The summed E-state index contributed by atoms with van der Waals surface area (Å²) in [6.45, 7) is -5.28. The van der Waals surface area contributed by atoms with Gasteiger partial charge in [-0.2, -0.15) is 0 Å². The summed E-state index contributed by atoms with van der Waals surface area (Å²) in [5, 5.41) is 0. The van der Waals surface area contributed by atoms with Crippen LogP contribution in [0.5, 0.6) is 0 Å². The predicted molar refractivity (Wildman–Crippen MR) is 52.2 cm³/mol. The molecule has 0 saturated heterocycles. The quantitative estimate of drug-likeness (QED) is 0.387. The van der Waals surface area contributed by atoms with Crippen LogP contribution in [0.2, 0.25) is 0 Å². The molecule has 1 amide bonds. The van der Waals surface area contributed by atoms with Crippen LogP contribution >= 0.6 is 0 Å². The molecule has 90 valence electrons. The number of amides is 1. The van der Waals surface area contributed by atoms with Gasteiger partial charge in [-0.1, -0.05) is 0 Å². The largest absolute Gasteiger partial charge is 1.00 e. The van der Waals surface area contributed by atoms with Gasteiger partial charge in [-0.25, -0.2) is 4.39 Å². The van der Waals surface area contributed by atoms with Crippen LogP contribution in [0.15, 0.2) is 18.2 Å². The van der Waals surface area contributed by atoms with Crippen molar-refractivity contribution in [2.75, 3.05) is 11.3 Å². The number of Topliss-reactive ketones (excluding diaryl/α,β-unsaturated/α-hetero) is 1. The Morgan fingerprint density at radius 1 is 1.17 bits per heavy atom. The van der Waals surface area contributed by atoms with E-state index in [1.54, 1.807) is 0 Å². The minimum atomic E-state index is -5.28. The van der Waals surface area contributed by atoms with Gasteiger partial charge >= 0.3 is 58.4 Å². The van der Waals surface area contributed by atoms with Gasteiger partial charge in [0.05, 0.1) is 11.3 Å². The molecule has 1 aliphatic heterocycles. The number of carbonyl (C=O) groups excluding carboxylic acids is 2. The van der Waals surface area contributed by atoms with Crippen molar-refractivity contribution in [3.8, 4) is 0 Å². The Hall–Kier alpha value is -0.219. The number of benzene rings is 1. The second-order valence-corrected chi connectivity index (χ2v) is 3.62. The van der Waals surface area contributed by atoms with Gasteiger partial charge in [-0.3, -0.25) is 9.59 Å². The summed E-state index contributed by atoms with van der Waals surface area (Å²) in [4.78, 5) is 22.9. The summed E-state index contributed by atoms with van der Waals surface area (Å²) in [7, 11) is 0. The third kappa shape index (κ3) is 3.02. The van der Waals surface area contributed by atoms with Crippen molar-refractivity contribution < 1.29 is 78.3 Å². The fourth-order valence-corrected chi connectivity index (χ4v) is 1.66. The van der Waals surface area contributed by atoms with Gasteiger partial charge in [-0.15, -0.1) is 0 Å². The van der Waals surface area contributed by atoms with Gasteiger partial charge in [0.15, 0.2) is 0 Å². The molecule has 0 bridgehead atoms. The van der Waals surface area contributed by atoms with E-state index in [1.165, 1.54) is 0 Å². The smallest absolute Gasteiger partial charge is 0.448 e. The molecule has 1 aromatic carbocycles. The molecule has 0 aromatic heterocycles.